The quantitative estimate of drug-likeness (QED) is 0.836. The molecule has 0 radical (unpaired) electrons. The van der Waals surface area contributed by atoms with E-state index >= 15 is 0 Å². The molecule has 72 valence electrons. The standard InChI is InChI=1S/C8H7BrF2O2/c9-5-3-6(10)7(11)4-8(5)13-2-1-12/h3-4,12H,1-2H2. The number of benzene rings is 1. The lowest BCUT2D eigenvalue weighted by molar-refractivity contribution is 0.200. The highest BCUT2D eigenvalue weighted by molar-refractivity contribution is 9.10. The number of rotatable bonds is 3. The van der Waals surface area contributed by atoms with Crippen LogP contribution in [0.3, 0.4) is 0 Å². The molecule has 0 fully saturated rings. The third kappa shape index (κ3) is 2.63. The molecule has 0 aliphatic carbocycles. The number of aliphatic hydroxyl groups excluding tert-OH is 1. The van der Waals surface area contributed by atoms with E-state index in [0.717, 1.165) is 12.1 Å². The summed E-state index contributed by atoms with van der Waals surface area (Å²) >= 11 is 3.00. The topological polar surface area (TPSA) is 29.5 Å². The second-order valence-corrected chi connectivity index (χ2v) is 3.12. The summed E-state index contributed by atoms with van der Waals surface area (Å²) in [5.74, 6) is -1.74. The van der Waals surface area contributed by atoms with Crippen molar-refractivity contribution >= 4 is 15.9 Å². The summed E-state index contributed by atoms with van der Waals surface area (Å²) in [6.07, 6.45) is 0. The number of ether oxygens (including phenoxy) is 1. The van der Waals surface area contributed by atoms with Crippen LogP contribution in [0.2, 0.25) is 0 Å². The van der Waals surface area contributed by atoms with Gasteiger partial charge in [-0.1, -0.05) is 0 Å². The van der Waals surface area contributed by atoms with Gasteiger partial charge in [0.15, 0.2) is 11.6 Å². The van der Waals surface area contributed by atoms with Crippen LogP contribution in [0.15, 0.2) is 16.6 Å². The monoisotopic (exact) mass is 252 g/mol. The second-order valence-electron chi connectivity index (χ2n) is 2.27. The van der Waals surface area contributed by atoms with Crippen molar-refractivity contribution in [2.75, 3.05) is 13.2 Å². The summed E-state index contributed by atoms with van der Waals surface area (Å²) in [4.78, 5) is 0. The zero-order valence-electron chi connectivity index (χ0n) is 6.56. The molecule has 0 spiro atoms. The SMILES string of the molecule is OCCOc1cc(F)c(F)cc1Br. The summed E-state index contributed by atoms with van der Waals surface area (Å²) in [5.41, 5.74) is 0. The number of aliphatic hydroxyl groups is 1. The van der Waals surface area contributed by atoms with Crippen LogP contribution in [0.5, 0.6) is 5.75 Å². The van der Waals surface area contributed by atoms with Crippen LogP contribution in [0.25, 0.3) is 0 Å². The van der Waals surface area contributed by atoms with Gasteiger partial charge in [0.05, 0.1) is 11.1 Å². The highest BCUT2D eigenvalue weighted by atomic mass is 79.9. The Kier molecular flexibility index (Phi) is 3.62. The first-order valence-corrected chi connectivity index (χ1v) is 4.32. The van der Waals surface area contributed by atoms with E-state index in [1.54, 1.807) is 0 Å². The Bertz CT molecular complexity index is 304. The van der Waals surface area contributed by atoms with Gasteiger partial charge < -0.3 is 9.84 Å². The predicted molar refractivity (Wildman–Crippen MR) is 46.6 cm³/mol. The van der Waals surface area contributed by atoms with Crippen LogP contribution >= 0.6 is 15.9 Å². The molecule has 0 amide bonds. The van der Waals surface area contributed by atoms with Crippen molar-refractivity contribution in [3.63, 3.8) is 0 Å². The van der Waals surface area contributed by atoms with Crippen molar-refractivity contribution in [3.8, 4) is 5.75 Å². The first kappa shape index (κ1) is 10.4. The molecule has 0 saturated carbocycles. The fraction of sp³-hybridized carbons (Fsp3) is 0.250. The van der Waals surface area contributed by atoms with E-state index in [2.05, 4.69) is 15.9 Å². The zero-order chi connectivity index (χ0) is 9.84. The molecule has 1 aromatic rings. The normalized spacial score (nSPS) is 10.2. The minimum atomic E-state index is -0.976. The van der Waals surface area contributed by atoms with Gasteiger partial charge in [-0.05, 0) is 22.0 Å². The van der Waals surface area contributed by atoms with Gasteiger partial charge in [-0.15, -0.1) is 0 Å². The third-order valence-corrected chi connectivity index (χ3v) is 1.94. The van der Waals surface area contributed by atoms with Crippen molar-refractivity contribution in [1.29, 1.82) is 0 Å². The molecular formula is C8H7BrF2O2. The van der Waals surface area contributed by atoms with Crippen LogP contribution in [-0.2, 0) is 0 Å². The van der Waals surface area contributed by atoms with Gasteiger partial charge >= 0.3 is 0 Å². The lowest BCUT2D eigenvalue weighted by Gasteiger charge is -2.06. The molecule has 0 bridgehead atoms. The maximum Gasteiger partial charge on any atom is 0.162 e. The Morgan fingerprint density at radius 2 is 1.92 bits per heavy atom. The summed E-state index contributed by atoms with van der Waals surface area (Å²) in [6, 6.07) is 1.90. The Morgan fingerprint density at radius 3 is 2.54 bits per heavy atom. The van der Waals surface area contributed by atoms with E-state index in [-0.39, 0.29) is 19.0 Å². The van der Waals surface area contributed by atoms with Gasteiger partial charge in [-0.2, -0.15) is 0 Å². The molecular weight excluding hydrogens is 246 g/mol. The average Bonchev–Trinajstić information content (AvgIpc) is 2.09. The van der Waals surface area contributed by atoms with Crippen LogP contribution < -0.4 is 4.74 Å². The van der Waals surface area contributed by atoms with Gasteiger partial charge in [0.25, 0.3) is 0 Å². The van der Waals surface area contributed by atoms with Gasteiger partial charge in [-0.3, -0.25) is 0 Å². The molecule has 0 atom stereocenters. The summed E-state index contributed by atoms with van der Waals surface area (Å²) in [7, 11) is 0. The van der Waals surface area contributed by atoms with Gasteiger partial charge in [0, 0.05) is 6.07 Å². The van der Waals surface area contributed by atoms with Crippen LogP contribution in [-0.4, -0.2) is 18.3 Å². The molecule has 0 unspecified atom stereocenters. The molecule has 2 nitrogen and oxygen atoms in total. The molecule has 5 heteroatoms. The Balaban J connectivity index is 2.88. The average molecular weight is 253 g/mol. The highest BCUT2D eigenvalue weighted by Gasteiger charge is 2.08. The van der Waals surface area contributed by atoms with E-state index in [1.807, 2.05) is 0 Å². The minimum Gasteiger partial charge on any atom is -0.490 e. The van der Waals surface area contributed by atoms with E-state index in [4.69, 9.17) is 9.84 Å². The van der Waals surface area contributed by atoms with Crippen molar-refractivity contribution in [2.24, 2.45) is 0 Å². The fourth-order valence-electron chi connectivity index (χ4n) is 0.771. The van der Waals surface area contributed by atoms with E-state index < -0.39 is 11.6 Å². The molecule has 0 saturated heterocycles. The first-order chi connectivity index (χ1) is 6.15. The van der Waals surface area contributed by atoms with E-state index in [1.165, 1.54) is 0 Å². The molecule has 0 heterocycles. The molecule has 0 aliphatic heterocycles. The lowest BCUT2D eigenvalue weighted by atomic mass is 10.3. The Morgan fingerprint density at radius 1 is 1.31 bits per heavy atom. The van der Waals surface area contributed by atoms with Crippen LogP contribution in [0.1, 0.15) is 0 Å². The summed E-state index contributed by atoms with van der Waals surface area (Å²) in [6.45, 7) is -0.130. The minimum absolute atomic E-state index is 0.0453. The summed E-state index contributed by atoms with van der Waals surface area (Å²) < 4.78 is 30.5. The zero-order valence-corrected chi connectivity index (χ0v) is 8.14. The van der Waals surface area contributed by atoms with Crippen LogP contribution in [0, 0.1) is 11.6 Å². The van der Waals surface area contributed by atoms with E-state index in [9.17, 15) is 8.78 Å². The van der Waals surface area contributed by atoms with Crippen molar-refractivity contribution in [3.05, 3.63) is 28.2 Å². The van der Waals surface area contributed by atoms with Gasteiger partial charge in [-0.25, -0.2) is 8.78 Å². The number of hydrogen-bond donors (Lipinski definition) is 1. The number of halogens is 3. The summed E-state index contributed by atoms with van der Waals surface area (Å²) in [5, 5.41) is 8.43. The first-order valence-electron chi connectivity index (χ1n) is 3.53. The molecule has 0 aromatic heterocycles. The predicted octanol–water partition coefficient (Wildman–Crippen LogP) is 2.10. The van der Waals surface area contributed by atoms with Crippen molar-refractivity contribution < 1.29 is 18.6 Å². The molecule has 1 rings (SSSR count). The molecule has 1 N–H and O–H groups in total. The second kappa shape index (κ2) is 4.53. The lowest BCUT2D eigenvalue weighted by Crippen LogP contribution is -2.02. The van der Waals surface area contributed by atoms with Crippen LogP contribution in [0.4, 0.5) is 8.78 Å². The van der Waals surface area contributed by atoms with Gasteiger partial charge in [0.1, 0.15) is 12.4 Å². The molecule has 0 aliphatic rings. The Hall–Kier alpha value is -0.680. The number of hydrogen-bond acceptors (Lipinski definition) is 2. The van der Waals surface area contributed by atoms with Gasteiger partial charge in [0.2, 0.25) is 0 Å². The van der Waals surface area contributed by atoms with E-state index in [0.29, 0.717) is 4.47 Å². The molecule has 13 heavy (non-hydrogen) atoms. The third-order valence-electron chi connectivity index (χ3n) is 1.32. The van der Waals surface area contributed by atoms with Crippen molar-refractivity contribution in [1.82, 2.24) is 0 Å². The maximum absolute atomic E-state index is 12.6. The van der Waals surface area contributed by atoms with Crippen molar-refractivity contribution in [2.45, 2.75) is 0 Å². The molecule has 1 aromatic carbocycles. The highest BCUT2D eigenvalue weighted by Crippen LogP contribution is 2.27. The largest absolute Gasteiger partial charge is 0.490 e. The maximum atomic E-state index is 12.6. The smallest absolute Gasteiger partial charge is 0.162 e. The Labute approximate surface area is 82.3 Å². The fourth-order valence-corrected chi connectivity index (χ4v) is 1.20.